The van der Waals surface area contributed by atoms with Crippen LogP contribution >= 0.6 is 15.9 Å². The molecule has 0 saturated carbocycles. The van der Waals surface area contributed by atoms with Crippen LogP contribution in [0.5, 0.6) is 0 Å². The fourth-order valence-corrected chi connectivity index (χ4v) is 8.65. The Hall–Kier alpha value is -2.73. The van der Waals surface area contributed by atoms with Gasteiger partial charge in [0.15, 0.2) is 0 Å². The predicted molar refractivity (Wildman–Crippen MR) is 155 cm³/mol. The number of ether oxygens (including phenoxy) is 1. The van der Waals surface area contributed by atoms with Crippen LogP contribution in [0.4, 0.5) is 0 Å². The SMILES string of the molecule is CC(C)C[C@H]1C(=O)N2CCC[C@H]2[C@]2(O)O[C@@](C)(NC(=O)[C@H]3CN(C)[C@@H]4Cc5c[nH]c6cccc(c56)C4=C3Br)C(=O)N12. The van der Waals surface area contributed by atoms with Crippen LogP contribution in [0.1, 0.15) is 51.2 Å². The molecule has 3 fully saturated rings. The molecule has 0 unspecified atom stereocenters. The van der Waals surface area contributed by atoms with Crippen LogP contribution in [0.3, 0.4) is 0 Å². The Labute approximate surface area is 247 Å². The summed E-state index contributed by atoms with van der Waals surface area (Å²) in [7, 11) is 2.01. The maximum atomic E-state index is 14.0. The molecule has 10 nitrogen and oxygen atoms in total. The second-order valence-electron chi connectivity index (χ2n) is 12.8. The highest BCUT2D eigenvalue weighted by Crippen LogP contribution is 2.48. The van der Waals surface area contributed by atoms with E-state index in [0.717, 1.165) is 27.6 Å². The van der Waals surface area contributed by atoms with E-state index in [2.05, 4.69) is 49.5 Å². The highest BCUT2D eigenvalue weighted by Gasteiger charge is 2.70. The molecule has 5 aliphatic rings. The standard InChI is InChI=1S/C30H36BrN5O5/c1-15(2)11-21-27(38)35-10-6-9-22(35)30(40)36(21)28(39)29(3,41-30)33-26(37)18-14-34(4)20-12-16-13-32-19-8-5-7-17(23(16)19)24(20)25(18)31/h5,7-8,13,15,18,20-22,32,40H,6,9-12,14H2,1-4H3,(H,33,37)/t18-,20+,21-,22-,29+,30-/m0/s1. The number of amides is 3. The number of benzene rings is 1. The normalized spacial score (nSPS) is 34.9. The van der Waals surface area contributed by atoms with Crippen molar-refractivity contribution in [3.8, 4) is 0 Å². The van der Waals surface area contributed by atoms with Crippen molar-refractivity contribution in [2.75, 3.05) is 20.1 Å². The first-order valence-corrected chi connectivity index (χ1v) is 15.3. The third kappa shape index (κ3) is 3.74. The number of likely N-dealkylation sites (N-methyl/N-ethyl adjacent to an activating group) is 1. The number of carbonyl (C=O) groups excluding carboxylic acids is 3. The highest BCUT2D eigenvalue weighted by molar-refractivity contribution is 9.11. The Bertz CT molecular complexity index is 1520. The van der Waals surface area contributed by atoms with E-state index in [0.29, 0.717) is 32.4 Å². The van der Waals surface area contributed by atoms with Crippen LogP contribution in [0.15, 0.2) is 28.9 Å². The number of hydrogen-bond acceptors (Lipinski definition) is 6. The van der Waals surface area contributed by atoms with Gasteiger partial charge in [0.25, 0.3) is 11.8 Å². The van der Waals surface area contributed by atoms with Gasteiger partial charge in [-0.25, -0.2) is 0 Å². The molecule has 0 radical (unpaired) electrons. The second kappa shape index (κ2) is 9.13. The summed E-state index contributed by atoms with van der Waals surface area (Å²) in [5.41, 5.74) is 2.65. The summed E-state index contributed by atoms with van der Waals surface area (Å²) in [4.78, 5) is 49.9. The van der Waals surface area contributed by atoms with Gasteiger partial charge >= 0.3 is 0 Å². The van der Waals surface area contributed by atoms with E-state index in [4.69, 9.17) is 4.74 Å². The summed E-state index contributed by atoms with van der Waals surface area (Å²) in [6.45, 7) is 6.40. The van der Waals surface area contributed by atoms with Crippen LogP contribution in [0.2, 0.25) is 0 Å². The molecule has 7 rings (SSSR count). The molecule has 0 spiro atoms. The smallest absolute Gasteiger partial charge is 0.280 e. The van der Waals surface area contributed by atoms with Crippen molar-refractivity contribution in [1.82, 2.24) is 25.0 Å². The summed E-state index contributed by atoms with van der Waals surface area (Å²) in [5, 5.41) is 16.0. The number of aliphatic hydroxyl groups is 1. The Kier molecular flexibility index (Phi) is 6.04. The lowest BCUT2D eigenvalue weighted by Gasteiger charge is -2.49. The molecule has 4 aliphatic heterocycles. The van der Waals surface area contributed by atoms with Crippen LogP contribution in [0, 0.1) is 11.8 Å². The molecule has 41 heavy (non-hydrogen) atoms. The van der Waals surface area contributed by atoms with Crippen LogP contribution < -0.4 is 5.32 Å². The molecule has 3 amide bonds. The molecule has 3 saturated heterocycles. The summed E-state index contributed by atoms with van der Waals surface area (Å²) in [5.74, 6) is -3.63. The molecular weight excluding hydrogens is 590 g/mol. The number of halogens is 1. The summed E-state index contributed by atoms with van der Waals surface area (Å²) in [6, 6.07) is 4.74. The molecule has 11 heteroatoms. The van der Waals surface area contributed by atoms with Crippen LogP contribution in [-0.2, 0) is 25.5 Å². The number of fused-ring (bicyclic) bond motifs is 5. The van der Waals surface area contributed by atoms with E-state index >= 15 is 0 Å². The van der Waals surface area contributed by atoms with Crippen molar-refractivity contribution >= 4 is 50.1 Å². The highest BCUT2D eigenvalue weighted by atomic mass is 79.9. The zero-order chi connectivity index (χ0) is 29.0. The minimum absolute atomic E-state index is 0.105. The zero-order valence-electron chi connectivity index (χ0n) is 23.7. The van der Waals surface area contributed by atoms with E-state index in [9.17, 15) is 19.5 Å². The number of aromatic amines is 1. The minimum atomic E-state index is -2.00. The quantitative estimate of drug-likeness (QED) is 0.481. The first-order chi connectivity index (χ1) is 19.4. The van der Waals surface area contributed by atoms with Gasteiger partial charge in [-0.15, -0.1) is 0 Å². The predicted octanol–water partition coefficient (Wildman–Crippen LogP) is 2.52. The minimum Gasteiger partial charge on any atom is -0.361 e. The Morgan fingerprint density at radius 1 is 1.32 bits per heavy atom. The summed E-state index contributed by atoms with van der Waals surface area (Å²) < 4.78 is 6.99. The van der Waals surface area contributed by atoms with Crippen molar-refractivity contribution in [3.05, 3.63) is 40.0 Å². The van der Waals surface area contributed by atoms with Gasteiger partial charge in [0.05, 0.1) is 5.92 Å². The van der Waals surface area contributed by atoms with Gasteiger partial charge in [0.2, 0.25) is 17.5 Å². The van der Waals surface area contributed by atoms with Crippen molar-refractivity contribution in [1.29, 1.82) is 0 Å². The molecule has 6 atom stereocenters. The van der Waals surface area contributed by atoms with Gasteiger partial charge in [-0.2, -0.15) is 0 Å². The Balaban J connectivity index is 1.23. The van der Waals surface area contributed by atoms with E-state index in [-0.39, 0.29) is 23.8 Å². The van der Waals surface area contributed by atoms with E-state index < -0.39 is 35.5 Å². The topological polar surface area (TPSA) is 118 Å². The molecule has 0 bridgehead atoms. The molecule has 1 aromatic heterocycles. The molecule has 2 aromatic rings. The number of hydrogen-bond donors (Lipinski definition) is 3. The molecule has 218 valence electrons. The van der Waals surface area contributed by atoms with E-state index in [1.165, 1.54) is 22.8 Å². The fourth-order valence-electron chi connectivity index (χ4n) is 7.82. The zero-order valence-corrected chi connectivity index (χ0v) is 25.3. The third-order valence-corrected chi connectivity index (χ3v) is 10.6. The van der Waals surface area contributed by atoms with Crippen molar-refractivity contribution in [2.24, 2.45) is 11.8 Å². The van der Waals surface area contributed by atoms with E-state index in [1.807, 2.05) is 27.0 Å². The first-order valence-electron chi connectivity index (χ1n) is 14.5. The molecule has 1 aliphatic carbocycles. The van der Waals surface area contributed by atoms with Crippen molar-refractivity contribution < 1.29 is 24.2 Å². The molecular formula is C30H36BrN5O5. The molecule has 3 N–H and O–H groups in total. The average Bonchev–Trinajstić information content (AvgIpc) is 3.62. The molecule has 1 aromatic carbocycles. The lowest BCUT2D eigenvalue weighted by atomic mass is 9.79. The van der Waals surface area contributed by atoms with Crippen LogP contribution in [0.25, 0.3) is 16.5 Å². The number of carbonyl (C=O) groups is 3. The second-order valence-corrected chi connectivity index (χ2v) is 13.7. The monoisotopic (exact) mass is 625 g/mol. The number of rotatable bonds is 4. The first kappa shape index (κ1) is 27.1. The third-order valence-electron chi connectivity index (χ3n) is 9.66. The number of aromatic nitrogens is 1. The summed E-state index contributed by atoms with van der Waals surface area (Å²) >= 11 is 3.81. The number of piperazine rings is 1. The van der Waals surface area contributed by atoms with Crippen molar-refractivity contribution in [2.45, 2.75) is 76.2 Å². The van der Waals surface area contributed by atoms with Gasteiger partial charge in [0.1, 0.15) is 12.1 Å². The van der Waals surface area contributed by atoms with Crippen LogP contribution in [-0.4, -0.2) is 92.4 Å². The maximum Gasteiger partial charge on any atom is 0.280 e. The van der Waals surface area contributed by atoms with E-state index in [1.54, 1.807) is 4.90 Å². The number of nitrogens with one attached hydrogen (secondary N) is 2. The number of H-pyrrole nitrogens is 1. The number of nitrogens with zero attached hydrogens (tertiary/aromatic N) is 3. The van der Waals surface area contributed by atoms with Gasteiger partial charge in [-0.1, -0.05) is 41.9 Å². The van der Waals surface area contributed by atoms with Gasteiger partial charge in [0, 0.05) is 40.7 Å². The lowest BCUT2D eigenvalue weighted by molar-refractivity contribution is -0.315. The fraction of sp³-hybridized carbons (Fsp3) is 0.567. The van der Waals surface area contributed by atoms with Gasteiger partial charge < -0.3 is 20.3 Å². The van der Waals surface area contributed by atoms with Gasteiger partial charge in [-0.3, -0.25) is 28.9 Å². The summed E-state index contributed by atoms with van der Waals surface area (Å²) in [6.07, 6.45) is 4.52. The Morgan fingerprint density at radius 2 is 2.10 bits per heavy atom. The maximum absolute atomic E-state index is 14.0. The Morgan fingerprint density at radius 3 is 2.85 bits per heavy atom. The van der Waals surface area contributed by atoms with Gasteiger partial charge in [-0.05, 0) is 68.3 Å². The largest absolute Gasteiger partial charge is 0.361 e. The van der Waals surface area contributed by atoms with Crippen molar-refractivity contribution in [3.63, 3.8) is 0 Å². The lowest BCUT2D eigenvalue weighted by Crippen LogP contribution is -2.71. The molecule has 5 heterocycles. The average molecular weight is 627 g/mol.